The van der Waals surface area contributed by atoms with Gasteiger partial charge in [0.2, 0.25) is 0 Å². The van der Waals surface area contributed by atoms with Gasteiger partial charge in [-0.05, 0) is 47.7 Å². The Bertz CT molecular complexity index is 1360. The number of nitrogens with one attached hydrogen (secondary N) is 1. The summed E-state index contributed by atoms with van der Waals surface area (Å²) < 4.78 is 17.2. The van der Waals surface area contributed by atoms with Crippen LogP contribution in [-0.4, -0.2) is 56.4 Å². The van der Waals surface area contributed by atoms with Crippen molar-refractivity contribution < 1.29 is 14.2 Å². The van der Waals surface area contributed by atoms with Crippen LogP contribution in [0.25, 0.3) is 10.9 Å². The molecular weight excluding hydrogens is 484 g/mol. The molecule has 0 saturated carbocycles. The topological polar surface area (TPSA) is 79.6 Å². The van der Waals surface area contributed by atoms with E-state index in [0.717, 1.165) is 56.8 Å². The van der Waals surface area contributed by atoms with Gasteiger partial charge in [0.05, 0.1) is 38.2 Å². The van der Waals surface area contributed by atoms with Gasteiger partial charge in [-0.15, -0.1) is 11.3 Å². The van der Waals surface area contributed by atoms with E-state index in [9.17, 15) is 5.26 Å². The van der Waals surface area contributed by atoms with Crippen LogP contribution in [-0.2, 0) is 11.2 Å². The van der Waals surface area contributed by atoms with E-state index in [2.05, 4.69) is 50.9 Å². The monoisotopic (exact) mass is 514 g/mol. The molecule has 0 radical (unpaired) electrons. The number of nitrogens with zero attached hydrogens (tertiary/aromatic N) is 3. The molecule has 8 heteroatoms. The van der Waals surface area contributed by atoms with Gasteiger partial charge in [-0.2, -0.15) is 5.26 Å². The van der Waals surface area contributed by atoms with Crippen LogP contribution >= 0.6 is 11.3 Å². The van der Waals surface area contributed by atoms with E-state index >= 15 is 0 Å². The predicted octanol–water partition coefficient (Wildman–Crippen LogP) is 5.61. The fraction of sp³-hybridized carbons (Fsp3) is 0.310. The smallest absolute Gasteiger partial charge is 0.187 e. The minimum absolute atomic E-state index is 0.469. The molecule has 1 aliphatic heterocycles. The van der Waals surface area contributed by atoms with Crippen LogP contribution in [0.5, 0.6) is 11.5 Å². The van der Waals surface area contributed by atoms with Crippen molar-refractivity contribution in [3.63, 3.8) is 0 Å². The number of hydrogen-bond acceptors (Lipinski definition) is 8. The van der Waals surface area contributed by atoms with Gasteiger partial charge in [0, 0.05) is 48.2 Å². The first-order valence-corrected chi connectivity index (χ1v) is 13.3. The van der Waals surface area contributed by atoms with Gasteiger partial charge in [0.25, 0.3) is 0 Å². The Labute approximate surface area is 221 Å². The summed E-state index contributed by atoms with van der Waals surface area (Å²) in [5, 5.41) is 16.1. The first kappa shape index (κ1) is 25.0. The number of nitriles is 1. The zero-order chi connectivity index (χ0) is 25.5. The number of ether oxygens (including phenoxy) is 3. The van der Waals surface area contributed by atoms with Gasteiger partial charge in [0.1, 0.15) is 11.6 Å². The number of hydrogen-bond donors (Lipinski definition) is 1. The maximum atomic E-state index is 9.78. The highest BCUT2D eigenvalue weighted by atomic mass is 32.1. The van der Waals surface area contributed by atoms with Crippen LogP contribution in [0.15, 0.2) is 60.1 Å². The molecule has 190 valence electrons. The van der Waals surface area contributed by atoms with Gasteiger partial charge in [-0.3, -0.25) is 9.88 Å². The average molecular weight is 515 g/mol. The van der Waals surface area contributed by atoms with Crippen LogP contribution in [0.4, 0.5) is 11.4 Å². The van der Waals surface area contributed by atoms with Crippen molar-refractivity contribution in [2.24, 2.45) is 0 Å². The lowest BCUT2D eigenvalue weighted by atomic mass is 10.1. The summed E-state index contributed by atoms with van der Waals surface area (Å²) in [4.78, 5) is 8.28. The van der Waals surface area contributed by atoms with Gasteiger partial charge in [0.15, 0.2) is 11.5 Å². The van der Waals surface area contributed by atoms with Crippen molar-refractivity contribution in [2.75, 3.05) is 51.9 Å². The Morgan fingerprint density at radius 1 is 1.14 bits per heavy atom. The predicted molar refractivity (Wildman–Crippen MR) is 147 cm³/mol. The molecule has 0 atom stereocenters. The lowest BCUT2D eigenvalue weighted by Gasteiger charge is -2.26. The van der Waals surface area contributed by atoms with Crippen LogP contribution < -0.4 is 14.8 Å². The summed E-state index contributed by atoms with van der Waals surface area (Å²) in [5.74, 6) is 1.22. The van der Waals surface area contributed by atoms with Crippen molar-refractivity contribution in [1.29, 1.82) is 5.26 Å². The minimum Gasteiger partial charge on any atom is -0.491 e. The van der Waals surface area contributed by atoms with E-state index in [-0.39, 0.29) is 0 Å². The Morgan fingerprint density at radius 2 is 1.97 bits per heavy atom. The van der Waals surface area contributed by atoms with Crippen molar-refractivity contribution >= 4 is 33.6 Å². The largest absolute Gasteiger partial charge is 0.491 e. The second kappa shape index (κ2) is 12.1. The Kier molecular flexibility index (Phi) is 8.16. The SMILES string of the molecule is COc1c(OCCCN2CCOCC2)ccc2c(Nc3ccc(Cc4cccs4)cc3)c(C#N)cnc12. The van der Waals surface area contributed by atoms with E-state index in [1.165, 1.54) is 10.4 Å². The molecule has 3 heterocycles. The molecule has 1 saturated heterocycles. The molecule has 0 amide bonds. The molecule has 0 spiro atoms. The van der Waals surface area contributed by atoms with Crippen LogP contribution in [0.3, 0.4) is 0 Å². The van der Waals surface area contributed by atoms with Crippen LogP contribution in [0.1, 0.15) is 22.4 Å². The van der Waals surface area contributed by atoms with E-state index in [4.69, 9.17) is 14.2 Å². The molecule has 37 heavy (non-hydrogen) atoms. The maximum absolute atomic E-state index is 9.78. The van der Waals surface area contributed by atoms with Gasteiger partial charge >= 0.3 is 0 Å². The molecule has 2 aromatic carbocycles. The number of benzene rings is 2. The summed E-state index contributed by atoms with van der Waals surface area (Å²) in [7, 11) is 1.62. The fourth-order valence-corrected chi connectivity index (χ4v) is 5.25. The number of anilines is 2. The first-order chi connectivity index (χ1) is 18.2. The Hall–Kier alpha value is -3.64. The minimum atomic E-state index is 0.469. The van der Waals surface area contributed by atoms with E-state index in [1.54, 1.807) is 24.6 Å². The first-order valence-electron chi connectivity index (χ1n) is 12.5. The van der Waals surface area contributed by atoms with E-state index in [1.807, 2.05) is 24.3 Å². The molecule has 2 aromatic heterocycles. The molecule has 5 rings (SSSR count). The molecule has 0 unspecified atom stereocenters. The van der Waals surface area contributed by atoms with E-state index in [0.29, 0.717) is 34.9 Å². The molecule has 1 N–H and O–H groups in total. The molecular formula is C29H30N4O3S. The number of thiophene rings is 1. The number of methoxy groups -OCH3 is 1. The number of fused-ring (bicyclic) bond motifs is 1. The molecule has 0 bridgehead atoms. The zero-order valence-electron chi connectivity index (χ0n) is 20.9. The average Bonchev–Trinajstić information content (AvgIpc) is 3.45. The van der Waals surface area contributed by atoms with Gasteiger partial charge in [-0.25, -0.2) is 0 Å². The third kappa shape index (κ3) is 6.03. The highest BCUT2D eigenvalue weighted by Gasteiger charge is 2.17. The summed E-state index contributed by atoms with van der Waals surface area (Å²) in [6.45, 7) is 5.09. The summed E-state index contributed by atoms with van der Waals surface area (Å²) in [6, 6.07) is 18.6. The van der Waals surface area contributed by atoms with Gasteiger partial charge < -0.3 is 19.5 Å². The number of pyridine rings is 1. The Morgan fingerprint density at radius 3 is 2.70 bits per heavy atom. The molecule has 1 aliphatic rings. The number of rotatable bonds is 10. The van der Waals surface area contributed by atoms with Crippen LogP contribution in [0.2, 0.25) is 0 Å². The van der Waals surface area contributed by atoms with E-state index < -0.39 is 0 Å². The summed E-state index contributed by atoms with van der Waals surface area (Å²) in [6.07, 6.45) is 3.41. The van der Waals surface area contributed by atoms with Crippen molar-refractivity contribution in [3.8, 4) is 17.6 Å². The second-order valence-corrected chi connectivity index (χ2v) is 9.92. The summed E-state index contributed by atoms with van der Waals surface area (Å²) in [5.41, 5.74) is 3.97. The fourth-order valence-electron chi connectivity index (χ4n) is 4.51. The van der Waals surface area contributed by atoms with Crippen molar-refractivity contribution in [2.45, 2.75) is 12.8 Å². The lowest BCUT2D eigenvalue weighted by molar-refractivity contribution is 0.0357. The normalized spacial score (nSPS) is 13.8. The highest BCUT2D eigenvalue weighted by Crippen LogP contribution is 2.39. The number of aromatic nitrogens is 1. The molecule has 7 nitrogen and oxygen atoms in total. The van der Waals surface area contributed by atoms with Crippen molar-refractivity contribution in [1.82, 2.24) is 9.88 Å². The summed E-state index contributed by atoms with van der Waals surface area (Å²) >= 11 is 1.76. The third-order valence-corrected chi connectivity index (χ3v) is 7.32. The lowest BCUT2D eigenvalue weighted by Crippen LogP contribution is -2.37. The van der Waals surface area contributed by atoms with Crippen molar-refractivity contribution in [3.05, 3.63) is 76.1 Å². The maximum Gasteiger partial charge on any atom is 0.187 e. The molecule has 1 fully saturated rings. The third-order valence-electron chi connectivity index (χ3n) is 6.44. The van der Waals surface area contributed by atoms with Crippen LogP contribution in [0, 0.1) is 11.3 Å². The zero-order valence-corrected chi connectivity index (χ0v) is 21.7. The Balaban J connectivity index is 1.33. The van der Waals surface area contributed by atoms with Gasteiger partial charge in [-0.1, -0.05) is 18.2 Å². The standard InChI is InChI=1S/C29H30N4O3S/c1-34-29-26(36-14-3-11-33-12-15-35-16-13-33)10-9-25-27(22(19-30)20-31-28(25)29)32-23-7-5-21(6-8-23)18-24-4-2-17-37-24/h2,4-10,17,20H,3,11-16,18H2,1H3,(H,31,32). The number of morpholine rings is 1. The highest BCUT2D eigenvalue weighted by molar-refractivity contribution is 7.09. The second-order valence-electron chi connectivity index (χ2n) is 8.89. The quantitative estimate of drug-likeness (QED) is 0.276. The molecule has 4 aromatic rings. The molecule has 0 aliphatic carbocycles.